The molecule has 0 saturated carbocycles. The van der Waals surface area contributed by atoms with Gasteiger partial charge >= 0.3 is 0 Å². The van der Waals surface area contributed by atoms with Crippen LogP contribution >= 0.6 is 23.4 Å². The zero-order valence-corrected chi connectivity index (χ0v) is 16.4. The van der Waals surface area contributed by atoms with Gasteiger partial charge in [-0.25, -0.2) is 14.4 Å². The van der Waals surface area contributed by atoms with Crippen LogP contribution in [0.3, 0.4) is 0 Å². The number of nitrogens with one attached hydrogen (secondary N) is 1. The minimum atomic E-state index is -0.455. The topological polar surface area (TPSA) is 54.9 Å². The molecule has 1 amide bonds. The molecule has 0 radical (unpaired) electrons. The Bertz CT molecular complexity index is 997. The molecule has 7 heteroatoms. The second-order valence-corrected chi connectivity index (χ2v) is 7.33. The van der Waals surface area contributed by atoms with Crippen LogP contribution < -0.4 is 5.32 Å². The van der Waals surface area contributed by atoms with Crippen molar-refractivity contribution in [1.82, 2.24) is 9.97 Å². The number of thioether (sulfide) groups is 1. The molecule has 1 heterocycles. The average molecular weight is 402 g/mol. The van der Waals surface area contributed by atoms with Gasteiger partial charge in [0.25, 0.3) is 0 Å². The van der Waals surface area contributed by atoms with E-state index in [0.717, 1.165) is 17.3 Å². The van der Waals surface area contributed by atoms with Gasteiger partial charge in [0, 0.05) is 11.8 Å². The van der Waals surface area contributed by atoms with Crippen LogP contribution in [0.4, 0.5) is 10.1 Å². The van der Waals surface area contributed by atoms with Gasteiger partial charge in [0.05, 0.1) is 22.2 Å². The molecule has 0 unspecified atom stereocenters. The first kappa shape index (κ1) is 19.3. The Morgan fingerprint density at radius 3 is 2.70 bits per heavy atom. The summed E-state index contributed by atoms with van der Waals surface area (Å²) in [5.74, 6) is -0.609. The van der Waals surface area contributed by atoms with Crippen LogP contribution in [0.1, 0.15) is 11.1 Å². The van der Waals surface area contributed by atoms with Crippen LogP contribution in [-0.2, 0) is 4.79 Å². The van der Waals surface area contributed by atoms with Gasteiger partial charge in [0.15, 0.2) is 5.16 Å². The van der Waals surface area contributed by atoms with E-state index in [0.29, 0.717) is 10.8 Å². The van der Waals surface area contributed by atoms with Crippen LogP contribution in [0.25, 0.3) is 11.3 Å². The molecule has 0 fully saturated rings. The van der Waals surface area contributed by atoms with Gasteiger partial charge in [-0.15, -0.1) is 0 Å². The Balaban J connectivity index is 1.66. The fourth-order valence-electron chi connectivity index (χ4n) is 2.38. The molecular weight excluding hydrogens is 385 g/mol. The molecule has 0 saturated heterocycles. The van der Waals surface area contributed by atoms with Crippen molar-refractivity contribution in [2.45, 2.75) is 19.0 Å². The first-order valence-electron chi connectivity index (χ1n) is 8.21. The van der Waals surface area contributed by atoms with Crippen LogP contribution in [0.15, 0.2) is 53.8 Å². The summed E-state index contributed by atoms with van der Waals surface area (Å²) in [7, 11) is 0. The van der Waals surface area contributed by atoms with Crippen molar-refractivity contribution in [3.8, 4) is 11.3 Å². The van der Waals surface area contributed by atoms with Gasteiger partial charge in [-0.3, -0.25) is 4.79 Å². The minimum absolute atomic E-state index is 0.115. The second kappa shape index (κ2) is 8.50. The molecule has 1 aromatic heterocycles. The number of benzene rings is 2. The first-order chi connectivity index (χ1) is 12.9. The number of hydrogen-bond acceptors (Lipinski definition) is 4. The van der Waals surface area contributed by atoms with Crippen molar-refractivity contribution in [2.75, 3.05) is 11.1 Å². The standard InChI is InChI=1S/C20H17ClFN3OS/c1-12-3-4-14(9-13(12)2)17-7-8-23-20(25-17)27-11-19(26)24-18-6-5-15(22)10-16(18)21/h3-10H,11H2,1-2H3,(H,24,26). The van der Waals surface area contributed by atoms with E-state index in [1.165, 1.54) is 35.0 Å². The summed E-state index contributed by atoms with van der Waals surface area (Å²) in [6.07, 6.45) is 1.68. The Morgan fingerprint density at radius 2 is 1.96 bits per heavy atom. The van der Waals surface area contributed by atoms with Crippen molar-refractivity contribution in [2.24, 2.45) is 0 Å². The van der Waals surface area contributed by atoms with Crippen molar-refractivity contribution < 1.29 is 9.18 Å². The molecule has 3 rings (SSSR count). The highest BCUT2D eigenvalue weighted by Gasteiger charge is 2.10. The normalized spacial score (nSPS) is 10.7. The third-order valence-corrected chi connectivity index (χ3v) is 5.15. The maximum Gasteiger partial charge on any atom is 0.234 e. The number of aryl methyl sites for hydroxylation is 2. The smallest absolute Gasteiger partial charge is 0.234 e. The van der Waals surface area contributed by atoms with Gasteiger partial charge in [0.1, 0.15) is 5.82 Å². The van der Waals surface area contributed by atoms with Gasteiger partial charge in [-0.2, -0.15) is 0 Å². The maximum atomic E-state index is 13.1. The van der Waals surface area contributed by atoms with Crippen molar-refractivity contribution in [3.05, 3.63) is 70.6 Å². The number of hydrogen-bond donors (Lipinski definition) is 1. The number of rotatable bonds is 5. The summed E-state index contributed by atoms with van der Waals surface area (Å²) >= 11 is 7.14. The van der Waals surface area contributed by atoms with Crippen molar-refractivity contribution >= 4 is 35.0 Å². The average Bonchev–Trinajstić information content (AvgIpc) is 2.65. The number of carbonyl (C=O) groups excluding carboxylic acids is 1. The van der Waals surface area contributed by atoms with Gasteiger partial charge in [-0.05, 0) is 55.3 Å². The zero-order valence-electron chi connectivity index (χ0n) is 14.8. The quantitative estimate of drug-likeness (QED) is 0.466. The third kappa shape index (κ3) is 5.05. The predicted molar refractivity (Wildman–Crippen MR) is 108 cm³/mol. The lowest BCUT2D eigenvalue weighted by Gasteiger charge is -2.08. The highest BCUT2D eigenvalue weighted by Crippen LogP contribution is 2.24. The number of amides is 1. The molecule has 27 heavy (non-hydrogen) atoms. The summed E-state index contributed by atoms with van der Waals surface area (Å²) in [6.45, 7) is 4.12. The van der Waals surface area contributed by atoms with Crippen molar-refractivity contribution in [1.29, 1.82) is 0 Å². The molecule has 4 nitrogen and oxygen atoms in total. The van der Waals surface area contributed by atoms with E-state index in [1.54, 1.807) is 6.20 Å². The second-order valence-electron chi connectivity index (χ2n) is 5.98. The summed E-state index contributed by atoms with van der Waals surface area (Å²) in [6, 6.07) is 11.8. The molecule has 0 bridgehead atoms. The zero-order chi connectivity index (χ0) is 19.4. The molecule has 0 aliphatic carbocycles. The van der Waals surface area contributed by atoms with Gasteiger partial charge in [-0.1, -0.05) is 35.5 Å². The Kier molecular flexibility index (Phi) is 6.08. The SMILES string of the molecule is Cc1ccc(-c2ccnc(SCC(=O)Nc3ccc(F)cc3Cl)n2)cc1C. The molecule has 0 aliphatic rings. The molecule has 1 N–H and O–H groups in total. The van der Waals surface area contributed by atoms with E-state index in [2.05, 4.69) is 41.3 Å². The van der Waals surface area contributed by atoms with E-state index in [-0.39, 0.29) is 16.7 Å². The van der Waals surface area contributed by atoms with Crippen LogP contribution in [0, 0.1) is 19.7 Å². The Morgan fingerprint density at radius 1 is 1.15 bits per heavy atom. The van der Waals surface area contributed by atoms with E-state index in [1.807, 2.05) is 12.1 Å². The number of nitrogens with zero attached hydrogens (tertiary/aromatic N) is 2. The van der Waals surface area contributed by atoms with E-state index < -0.39 is 5.82 Å². The lowest BCUT2D eigenvalue weighted by atomic mass is 10.0. The van der Waals surface area contributed by atoms with E-state index >= 15 is 0 Å². The highest BCUT2D eigenvalue weighted by molar-refractivity contribution is 7.99. The molecule has 3 aromatic rings. The maximum absolute atomic E-state index is 13.1. The summed E-state index contributed by atoms with van der Waals surface area (Å²) in [5, 5.41) is 3.31. The lowest BCUT2D eigenvalue weighted by molar-refractivity contribution is -0.113. The summed E-state index contributed by atoms with van der Waals surface area (Å²) < 4.78 is 13.1. The predicted octanol–water partition coefficient (Wildman–Crippen LogP) is 5.28. The van der Waals surface area contributed by atoms with Crippen molar-refractivity contribution in [3.63, 3.8) is 0 Å². The molecule has 0 atom stereocenters. The lowest BCUT2D eigenvalue weighted by Crippen LogP contribution is -2.14. The number of halogens is 2. The van der Waals surface area contributed by atoms with Crippen LogP contribution in [0.2, 0.25) is 5.02 Å². The van der Waals surface area contributed by atoms with Crippen LogP contribution in [-0.4, -0.2) is 21.6 Å². The van der Waals surface area contributed by atoms with Crippen LogP contribution in [0.5, 0.6) is 0 Å². The first-order valence-corrected chi connectivity index (χ1v) is 9.57. The van der Waals surface area contributed by atoms with E-state index in [9.17, 15) is 9.18 Å². The molecule has 0 aliphatic heterocycles. The Labute approximate surface area is 166 Å². The number of aromatic nitrogens is 2. The minimum Gasteiger partial charge on any atom is -0.324 e. The monoisotopic (exact) mass is 401 g/mol. The summed E-state index contributed by atoms with van der Waals surface area (Å²) in [5.41, 5.74) is 4.59. The third-order valence-electron chi connectivity index (χ3n) is 3.97. The molecule has 138 valence electrons. The molecule has 0 spiro atoms. The largest absolute Gasteiger partial charge is 0.324 e. The number of anilines is 1. The number of carbonyl (C=O) groups is 1. The van der Waals surface area contributed by atoms with E-state index in [4.69, 9.17) is 11.6 Å². The van der Waals surface area contributed by atoms with Gasteiger partial charge in [0.2, 0.25) is 5.91 Å². The molecular formula is C20H17ClFN3OS. The fraction of sp³-hybridized carbons (Fsp3) is 0.150. The molecule has 2 aromatic carbocycles. The fourth-order valence-corrected chi connectivity index (χ4v) is 3.22. The Hall–Kier alpha value is -2.44. The summed E-state index contributed by atoms with van der Waals surface area (Å²) in [4.78, 5) is 20.8. The van der Waals surface area contributed by atoms with Gasteiger partial charge < -0.3 is 5.32 Å². The highest BCUT2D eigenvalue weighted by atomic mass is 35.5.